The molecule has 1 fully saturated rings. The number of carbonyl (C=O) groups is 1. The summed E-state index contributed by atoms with van der Waals surface area (Å²) in [5.74, 6) is -0.0864. The predicted molar refractivity (Wildman–Crippen MR) is 70.7 cm³/mol. The largest absolute Gasteiger partial charge is 0.376 e. The quantitative estimate of drug-likeness (QED) is 0.914. The van der Waals surface area contributed by atoms with Crippen LogP contribution in [0, 0.1) is 0 Å². The molecule has 1 aromatic heterocycles. The van der Waals surface area contributed by atoms with E-state index >= 15 is 0 Å². The average molecular weight is 317 g/mol. The highest BCUT2D eigenvalue weighted by atomic mass is 79.9. The fourth-order valence-corrected chi connectivity index (χ4v) is 2.34. The van der Waals surface area contributed by atoms with Crippen molar-refractivity contribution < 1.29 is 14.3 Å². The van der Waals surface area contributed by atoms with Crippen molar-refractivity contribution in [1.29, 1.82) is 0 Å². The minimum Gasteiger partial charge on any atom is -0.376 e. The van der Waals surface area contributed by atoms with E-state index < -0.39 is 0 Å². The number of hydrogen-bond donors (Lipinski definition) is 1. The normalized spacial score (nSPS) is 19.8. The average Bonchev–Trinajstić information content (AvgIpc) is 2.78. The number of aryl methyl sites for hydroxylation is 1. The second kappa shape index (κ2) is 6.36. The van der Waals surface area contributed by atoms with Gasteiger partial charge in [0.05, 0.1) is 25.9 Å². The summed E-state index contributed by atoms with van der Waals surface area (Å²) >= 11 is 3.37. The van der Waals surface area contributed by atoms with E-state index in [2.05, 4.69) is 21.2 Å². The van der Waals surface area contributed by atoms with Crippen LogP contribution in [0.5, 0.6) is 0 Å². The number of carbonyl (C=O) groups excluding carboxylic acids is 1. The highest BCUT2D eigenvalue weighted by Gasteiger charge is 2.17. The predicted octanol–water partition coefficient (Wildman–Crippen LogP) is 1.42. The molecule has 1 aliphatic rings. The Morgan fingerprint density at radius 2 is 2.44 bits per heavy atom. The molecule has 0 spiro atoms. The van der Waals surface area contributed by atoms with Gasteiger partial charge in [-0.2, -0.15) is 0 Å². The first kappa shape index (κ1) is 13.6. The number of nitrogens with zero attached hydrogens (tertiary/aromatic N) is 1. The Labute approximate surface area is 115 Å². The van der Waals surface area contributed by atoms with E-state index in [1.165, 1.54) is 0 Å². The molecule has 1 N–H and O–H groups in total. The van der Waals surface area contributed by atoms with Gasteiger partial charge in [-0.15, -0.1) is 0 Å². The Hall–Kier alpha value is -0.850. The molecule has 0 saturated carbocycles. The van der Waals surface area contributed by atoms with Gasteiger partial charge < -0.3 is 19.4 Å². The minimum atomic E-state index is -0.0864. The molecule has 1 aliphatic heterocycles. The van der Waals surface area contributed by atoms with Crippen LogP contribution in [-0.4, -0.2) is 42.9 Å². The zero-order valence-electron chi connectivity index (χ0n) is 10.3. The fourth-order valence-electron chi connectivity index (χ4n) is 1.88. The van der Waals surface area contributed by atoms with Crippen molar-refractivity contribution in [2.45, 2.75) is 19.6 Å². The smallest absolute Gasteiger partial charge is 0.268 e. The van der Waals surface area contributed by atoms with E-state index in [1.807, 2.05) is 23.8 Å². The van der Waals surface area contributed by atoms with Crippen molar-refractivity contribution >= 4 is 21.8 Å². The van der Waals surface area contributed by atoms with Gasteiger partial charge in [-0.1, -0.05) is 0 Å². The Morgan fingerprint density at radius 3 is 3.11 bits per heavy atom. The first-order valence-corrected chi connectivity index (χ1v) is 6.83. The second-order valence-electron chi connectivity index (χ2n) is 4.11. The van der Waals surface area contributed by atoms with Gasteiger partial charge in [0.25, 0.3) is 5.91 Å². The van der Waals surface area contributed by atoms with E-state index in [4.69, 9.17) is 9.47 Å². The van der Waals surface area contributed by atoms with E-state index in [9.17, 15) is 4.79 Å². The zero-order chi connectivity index (χ0) is 13.0. The minimum absolute atomic E-state index is 0.0452. The van der Waals surface area contributed by atoms with E-state index in [1.54, 1.807) is 0 Å². The monoisotopic (exact) mass is 316 g/mol. The van der Waals surface area contributed by atoms with Crippen LogP contribution >= 0.6 is 15.9 Å². The highest BCUT2D eigenvalue weighted by molar-refractivity contribution is 9.10. The van der Waals surface area contributed by atoms with E-state index in [0.717, 1.165) is 11.0 Å². The van der Waals surface area contributed by atoms with Crippen molar-refractivity contribution in [3.63, 3.8) is 0 Å². The lowest BCUT2D eigenvalue weighted by Crippen LogP contribution is -2.40. The summed E-state index contributed by atoms with van der Waals surface area (Å²) in [5, 5.41) is 2.87. The molecule has 5 nitrogen and oxygen atoms in total. The third-order valence-corrected chi connectivity index (χ3v) is 3.25. The number of hydrogen-bond acceptors (Lipinski definition) is 3. The molecule has 1 saturated heterocycles. The summed E-state index contributed by atoms with van der Waals surface area (Å²) in [6, 6.07) is 1.82. The third-order valence-electron chi connectivity index (χ3n) is 2.81. The van der Waals surface area contributed by atoms with Crippen LogP contribution in [0.15, 0.2) is 16.7 Å². The van der Waals surface area contributed by atoms with Crippen LogP contribution in [0.2, 0.25) is 0 Å². The van der Waals surface area contributed by atoms with Crippen molar-refractivity contribution in [3.05, 3.63) is 22.4 Å². The van der Waals surface area contributed by atoms with Gasteiger partial charge in [0.1, 0.15) is 5.69 Å². The molecular formula is C12H17BrN2O3. The Bertz CT molecular complexity index is 413. The SMILES string of the molecule is CCn1cc(Br)cc1C(=O)NCC1COCCO1. The molecule has 2 rings (SSSR count). The molecule has 100 valence electrons. The van der Waals surface area contributed by atoms with Crippen LogP contribution < -0.4 is 5.32 Å². The number of ether oxygens (including phenoxy) is 2. The number of rotatable bonds is 4. The lowest BCUT2D eigenvalue weighted by molar-refractivity contribution is -0.0855. The number of nitrogens with one attached hydrogen (secondary N) is 1. The molecule has 0 bridgehead atoms. The molecule has 1 amide bonds. The number of halogens is 1. The standard InChI is InChI=1S/C12H17BrN2O3/c1-2-15-7-9(13)5-11(15)12(16)14-6-10-8-17-3-4-18-10/h5,7,10H,2-4,6,8H2,1H3,(H,14,16). The first-order chi connectivity index (χ1) is 8.70. The lowest BCUT2D eigenvalue weighted by Gasteiger charge is -2.23. The maximum atomic E-state index is 12.0. The van der Waals surface area contributed by atoms with Gasteiger partial charge in [0.2, 0.25) is 0 Å². The van der Waals surface area contributed by atoms with E-state index in [0.29, 0.717) is 32.1 Å². The molecule has 0 radical (unpaired) electrons. The maximum absolute atomic E-state index is 12.0. The Morgan fingerprint density at radius 1 is 1.61 bits per heavy atom. The summed E-state index contributed by atoms with van der Waals surface area (Å²) in [5.41, 5.74) is 0.654. The molecule has 6 heteroatoms. The van der Waals surface area contributed by atoms with Crippen molar-refractivity contribution in [1.82, 2.24) is 9.88 Å². The molecule has 18 heavy (non-hydrogen) atoms. The van der Waals surface area contributed by atoms with Crippen molar-refractivity contribution in [3.8, 4) is 0 Å². The van der Waals surface area contributed by atoms with Gasteiger partial charge >= 0.3 is 0 Å². The Kier molecular flexibility index (Phi) is 4.79. The first-order valence-electron chi connectivity index (χ1n) is 6.04. The highest BCUT2D eigenvalue weighted by Crippen LogP contribution is 2.14. The van der Waals surface area contributed by atoms with Crippen LogP contribution in [0.4, 0.5) is 0 Å². The summed E-state index contributed by atoms with van der Waals surface area (Å²) in [6.07, 6.45) is 1.85. The number of aromatic nitrogens is 1. The summed E-state index contributed by atoms with van der Waals surface area (Å²) in [4.78, 5) is 12.0. The molecule has 2 heterocycles. The van der Waals surface area contributed by atoms with Crippen LogP contribution in [0.25, 0.3) is 0 Å². The van der Waals surface area contributed by atoms with Crippen LogP contribution in [0.1, 0.15) is 17.4 Å². The fraction of sp³-hybridized carbons (Fsp3) is 0.583. The van der Waals surface area contributed by atoms with Crippen LogP contribution in [0.3, 0.4) is 0 Å². The van der Waals surface area contributed by atoms with Crippen LogP contribution in [-0.2, 0) is 16.0 Å². The third kappa shape index (κ3) is 3.34. The van der Waals surface area contributed by atoms with Gasteiger partial charge in [0, 0.05) is 23.8 Å². The molecule has 1 aromatic rings. The summed E-state index contributed by atoms with van der Waals surface area (Å²) in [7, 11) is 0. The number of amides is 1. The van der Waals surface area contributed by atoms with Gasteiger partial charge in [-0.25, -0.2) is 0 Å². The molecule has 1 unspecified atom stereocenters. The summed E-state index contributed by atoms with van der Waals surface area (Å²) < 4.78 is 13.6. The molecule has 0 aliphatic carbocycles. The summed E-state index contributed by atoms with van der Waals surface area (Å²) in [6.45, 7) is 5.01. The molecule has 0 aromatic carbocycles. The van der Waals surface area contributed by atoms with Gasteiger partial charge in [-0.3, -0.25) is 4.79 Å². The van der Waals surface area contributed by atoms with Gasteiger partial charge in [0.15, 0.2) is 0 Å². The Balaban J connectivity index is 1.90. The van der Waals surface area contributed by atoms with Crippen molar-refractivity contribution in [2.24, 2.45) is 0 Å². The zero-order valence-corrected chi connectivity index (χ0v) is 11.9. The molecule has 1 atom stereocenters. The van der Waals surface area contributed by atoms with Crippen molar-refractivity contribution in [2.75, 3.05) is 26.4 Å². The molecular weight excluding hydrogens is 300 g/mol. The maximum Gasteiger partial charge on any atom is 0.268 e. The lowest BCUT2D eigenvalue weighted by atomic mass is 10.3. The van der Waals surface area contributed by atoms with E-state index in [-0.39, 0.29) is 12.0 Å². The van der Waals surface area contributed by atoms with Gasteiger partial charge in [-0.05, 0) is 28.9 Å². The topological polar surface area (TPSA) is 52.5 Å². The second-order valence-corrected chi connectivity index (χ2v) is 5.02.